The van der Waals surface area contributed by atoms with E-state index in [9.17, 15) is 4.79 Å². The first-order valence-electron chi connectivity index (χ1n) is 6.69. The Bertz CT molecular complexity index is 373. The summed E-state index contributed by atoms with van der Waals surface area (Å²) in [6.45, 7) is 7.99. The highest BCUT2D eigenvalue weighted by Gasteiger charge is 2.14. The number of anilines is 1. The molecule has 1 rings (SSSR count). The third-order valence-corrected chi connectivity index (χ3v) is 3.30. The summed E-state index contributed by atoms with van der Waals surface area (Å²) in [5.41, 5.74) is 7.39. The first-order valence-corrected chi connectivity index (χ1v) is 6.69. The Morgan fingerprint density at radius 3 is 2.39 bits per heavy atom. The van der Waals surface area contributed by atoms with Crippen molar-refractivity contribution in [2.45, 2.75) is 33.6 Å². The second kappa shape index (κ2) is 7.04. The number of nitrogen functional groups attached to an aromatic ring is 1. The minimum Gasteiger partial charge on any atom is -0.399 e. The molecule has 0 saturated carbocycles. The summed E-state index contributed by atoms with van der Waals surface area (Å²) >= 11 is 0. The number of carbonyl (C=O) groups is 1. The molecular formula is C15H24N2O. The number of hydrogen-bond acceptors (Lipinski definition) is 2. The molecule has 1 aromatic rings. The second-order valence-electron chi connectivity index (χ2n) is 4.86. The predicted molar refractivity (Wildman–Crippen MR) is 76.3 cm³/mol. The van der Waals surface area contributed by atoms with Crippen LogP contribution in [-0.4, -0.2) is 23.9 Å². The molecule has 0 bridgehead atoms. The van der Waals surface area contributed by atoms with Gasteiger partial charge in [-0.05, 0) is 30.5 Å². The number of nitrogens with two attached hydrogens (primary N) is 1. The monoisotopic (exact) mass is 248 g/mol. The normalized spacial score (nSPS) is 12.2. The fourth-order valence-electron chi connectivity index (χ4n) is 1.83. The molecule has 1 unspecified atom stereocenters. The molecule has 0 spiro atoms. The summed E-state index contributed by atoms with van der Waals surface area (Å²) in [6, 6.07) is 7.52. The number of likely N-dealkylation sites (N-methyl/N-ethyl adjacent to an activating group) is 1. The quantitative estimate of drug-likeness (QED) is 0.787. The lowest BCUT2D eigenvalue weighted by Crippen LogP contribution is -2.35. The molecule has 0 saturated heterocycles. The van der Waals surface area contributed by atoms with Crippen LogP contribution in [0.4, 0.5) is 5.69 Å². The van der Waals surface area contributed by atoms with Gasteiger partial charge < -0.3 is 10.6 Å². The smallest absolute Gasteiger partial charge is 0.226 e. The van der Waals surface area contributed by atoms with Gasteiger partial charge in [0.05, 0.1) is 6.42 Å². The van der Waals surface area contributed by atoms with Crippen LogP contribution in [0.5, 0.6) is 0 Å². The van der Waals surface area contributed by atoms with Crippen LogP contribution < -0.4 is 5.73 Å². The standard InChI is InChI=1S/C15H24N2O/c1-4-12(3)11-17(5-2)15(18)10-13-6-8-14(16)9-7-13/h6-9,12H,4-5,10-11,16H2,1-3H3. The summed E-state index contributed by atoms with van der Waals surface area (Å²) in [5, 5.41) is 0. The molecule has 0 aliphatic carbocycles. The Balaban J connectivity index is 2.59. The molecule has 0 aliphatic rings. The zero-order valence-corrected chi connectivity index (χ0v) is 11.6. The molecule has 100 valence electrons. The number of rotatable bonds is 6. The Morgan fingerprint density at radius 1 is 1.28 bits per heavy atom. The Kier molecular flexibility index (Phi) is 5.69. The lowest BCUT2D eigenvalue weighted by molar-refractivity contribution is -0.130. The van der Waals surface area contributed by atoms with Crippen LogP contribution in [0.1, 0.15) is 32.8 Å². The highest BCUT2D eigenvalue weighted by molar-refractivity contribution is 5.78. The largest absolute Gasteiger partial charge is 0.399 e. The van der Waals surface area contributed by atoms with Crippen molar-refractivity contribution < 1.29 is 4.79 Å². The van der Waals surface area contributed by atoms with Gasteiger partial charge >= 0.3 is 0 Å². The number of nitrogens with zero attached hydrogens (tertiary/aromatic N) is 1. The summed E-state index contributed by atoms with van der Waals surface area (Å²) in [7, 11) is 0. The van der Waals surface area contributed by atoms with E-state index in [1.807, 2.05) is 36.1 Å². The van der Waals surface area contributed by atoms with Crippen LogP contribution in [-0.2, 0) is 11.2 Å². The number of hydrogen-bond donors (Lipinski definition) is 1. The summed E-state index contributed by atoms with van der Waals surface area (Å²) in [6.07, 6.45) is 1.57. The SMILES string of the molecule is CCC(C)CN(CC)C(=O)Cc1ccc(N)cc1. The molecule has 0 radical (unpaired) electrons. The van der Waals surface area contributed by atoms with Gasteiger partial charge in [0.1, 0.15) is 0 Å². The van der Waals surface area contributed by atoms with E-state index in [4.69, 9.17) is 5.73 Å². The van der Waals surface area contributed by atoms with E-state index in [1.54, 1.807) is 0 Å². The molecular weight excluding hydrogens is 224 g/mol. The van der Waals surface area contributed by atoms with Gasteiger partial charge in [0, 0.05) is 18.8 Å². The Hall–Kier alpha value is -1.51. The van der Waals surface area contributed by atoms with Crippen LogP contribution in [0.2, 0.25) is 0 Å². The zero-order chi connectivity index (χ0) is 13.5. The van der Waals surface area contributed by atoms with Gasteiger partial charge in [-0.25, -0.2) is 0 Å². The van der Waals surface area contributed by atoms with Gasteiger partial charge in [-0.2, -0.15) is 0 Å². The fraction of sp³-hybridized carbons (Fsp3) is 0.533. The van der Waals surface area contributed by atoms with Crippen molar-refractivity contribution in [3.05, 3.63) is 29.8 Å². The second-order valence-corrected chi connectivity index (χ2v) is 4.86. The summed E-state index contributed by atoms with van der Waals surface area (Å²) < 4.78 is 0. The first-order chi connectivity index (χ1) is 8.56. The number of carbonyl (C=O) groups excluding carboxylic acids is 1. The van der Waals surface area contributed by atoms with Crippen molar-refractivity contribution in [1.82, 2.24) is 4.90 Å². The zero-order valence-electron chi connectivity index (χ0n) is 11.6. The van der Waals surface area contributed by atoms with Crippen LogP contribution >= 0.6 is 0 Å². The maximum atomic E-state index is 12.2. The molecule has 0 aliphatic heterocycles. The first kappa shape index (κ1) is 14.6. The maximum absolute atomic E-state index is 12.2. The van der Waals surface area contributed by atoms with E-state index in [0.29, 0.717) is 12.3 Å². The third kappa shape index (κ3) is 4.40. The van der Waals surface area contributed by atoms with E-state index in [-0.39, 0.29) is 5.91 Å². The molecule has 1 amide bonds. The van der Waals surface area contributed by atoms with Gasteiger partial charge in [0.15, 0.2) is 0 Å². The Morgan fingerprint density at radius 2 is 1.89 bits per heavy atom. The molecule has 1 aromatic carbocycles. The van der Waals surface area contributed by atoms with Crippen LogP contribution in [0.25, 0.3) is 0 Å². The average Bonchev–Trinajstić information content (AvgIpc) is 2.38. The molecule has 1 atom stereocenters. The van der Waals surface area contributed by atoms with Crippen molar-refractivity contribution in [2.24, 2.45) is 5.92 Å². The fourth-order valence-corrected chi connectivity index (χ4v) is 1.83. The minimum absolute atomic E-state index is 0.197. The maximum Gasteiger partial charge on any atom is 0.226 e. The van der Waals surface area contributed by atoms with E-state index < -0.39 is 0 Å². The lowest BCUT2D eigenvalue weighted by Gasteiger charge is -2.24. The molecule has 18 heavy (non-hydrogen) atoms. The van der Waals surface area contributed by atoms with E-state index in [1.165, 1.54) is 0 Å². The molecule has 3 heteroatoms. The summed E-state index contributed by atoms with van der Waals surface area (Å²) in [5.74, 6) is 0.753. The van der Waals surface area contributed by atoms with Crippen molar-refractivity contribution in [3.63, 3.8) is 0 Å². The van der Waals surface area contributed by atoms with Gasteiger partial charge in [-0.1, -0.05) is 32.4 Å². The highest BCUT2D eigenvalue weighted by atomic mass is 16.2. The van der Waals surface area contributed by atoms with E-state index in [2.05, 4.69) is 13.8 Å². The number of benzene rings is 1. The number of amides is 1. The molecule has 0 fully saturated rings. The van der Waals surface area contributed by atoms with Crippen molar-refractivity contribution in [1.29, 1.82) is 0 Å². The van der Waals surface area contributed by atoms with Gasteiger partial charge in [-0.15, -0.1) is 0 Å². The van der Waals surface area contributed by atoms with E-state index in [0.717, 1.165) is 30.8 Å². The molecule has 2 N–H and O–H groups in total. The molecule has 3 nitrogen and oxygen atoms in total. The molecule has 0 heterocycles. The topological polar surface area (TPSA) is 46.3 Å². The third-order valence-electron chi connectivity index (χ3n) is 3.30. The van der Waals surface area contributed by atoms with Crippen LogP contribution in [0.15, 0.2) is 24.3 Å². The molecule has 0 aromatic heterocycles. The summed E-state index contributed by atoms with van der Waals surface area (Å²) in [4.78, 5) is 14.1. The van der Waals surface area contributed by atoms with Gasteiger partial charge in [0.25, 0.3) is 0 Å². The lowest BCUT2D eigenvalue weighted by atomic mass is 10.1. The van der Waals surface area contributed by atoms with E-state index >= 15 is 0 Å². The minimum atomic E-state index is 0.197. The highest BCUT2D eigenvalue weighted by Crippen LogP contribution is 2.10. The average molecular weight is 248 g/mol. The van der Waals surface area contributed by atoms with Gasteiger partial charge in [-0.3, -0.25) is 4.79 Å². The van der Waals surface area contributed by atoms with Crippen molar-refractivity contribution in [3.8, 4) is 0 Å². The predicted octanol–water partition coefficient (Wildman–Crippen LogP) is 2.71. The Labute approximate surface area is 110 Å². The van der Waals surface area contributed by atoms with Crippen LogP contribution in [0, 0.1) is 5.92 Å². The van der Waals surface area contributed by atoms with Crippen molar-refractivity contribution in [2.75, 3.05) is 18.8 Å². The van der Waals surface area contributed by atoms with Crippen molar-refractivity contribution >= 4 is 11.6 Å². The van der Waals surface area contributed by atoms with Gasteiger partial charge in [0.2, 0.25) is 5.91 Å². The van der Waals surface area contributed by atoms with Crippen LogP contribution in [0.3, 0.4) is 0 Å².